The second kappa shape index (κ2) is 6.29. The van der Waals surface area contributed by atoms with Crippen LogP contribution in [0.1, 0.15) is 25.8 Å². The molecule has 2 nitrogen and oxygen atoms in total. The maximum absolute atomic E-state index is 12.4. The third-order valence-corrected chi connectivity index (χ3v) is 4.55. The highest BCUT2D eigenvalue weighted by atomic mass is 32.2. The van der Waals surface area contributed by atoms with Crippen LogP contribution in [-0.4, -0.2) is 18.2 Å². The first kappa shape index (κ1) is 14.2. The number of aryl methyl sites for hydroxylation is 1. The number of allylic oxidation sites excluding steroid dienone is 2. The summed E-state index contributed by atoms with van der Waals surface area (Å²) in [7, 11) is 0. The van der Waals surface area contributed by atoms with Crippen LogP contribution < -0.4 is 4.90 Å². The number of thioether (sulfide) groups is 1. The molecule has 1 amide bonds. The highest BCUT2D eigenvalue weighted by Crippen LogP contribution is 2.31. The molecule has 1 atom stereocenters. The largest absolute Gasteiger partial charge is 0.313 e. The number of nitrogens with zero attached hydrogens (tertiary/aromatic N) is 1. The molecule has 0 N–H and O–H groups in total. The summed E-state index contributed by atoms with van der Waals surface area (Å²) >= 11 is 1.86. The Balaban J connectivity index is 2.07. The van der Waals surface area contributed by atoms with E-state index in [1.165, 1.54) is 10.5 Å². The molecule has 19 heavy (non-hydrogen) atoms. The number of rotatable bonds is 4. The van der Waals surface area contributed by atoms with E-state index in [-0.39, 0.29) is 5.91 Å². The van der Waals surface area contributed by atoms with Gasteiger partial charge in [0, 0.05) is 24.4 Å². The van der Waals surface area contributed by atoms with Crippen molar-refractivity contribution in [1.29, 1.82) is 0 Å². The fourth-order valence-corrected chi connectivity index (χ4v) is 3.40. The molecule has 0 aliphatic carbocycles. The average molecular weight is 275 g/mol. The lowest BCUT2D eigenvalue weighted by Gasteiger charge is -2.22. The summed E-state index contributed by atoms with van der Waals surface area (Å²) in [6.07, 6.45) is 2.85. The number of hydrogen-bond acceptors (Lipinski definition) is 2. The van der Waals surface area contributed by atoms with E-state index in [2.05, 4.69) is 32.1 Å². The molecule has 1 heterocycles. The van der Waals surface area contributed by atoms with E-state index in [0.29, 0.717) is 12.3 Å². The molecule has 1 aliphatic heterocycles. The van der Waals surface area contributed by atoms with Gasteiger partial charge >= 0.3 is 0 Å². The van der Waals surface area contributed by atoms with Crippen molar-refractivity contribution in [2.24, 2.45) is 5.92 Å². The van der Waals surface area contributed by atoms with E-state index in [4.69, 9.17) is 0 Å². The molecule has 0 fully saturated rings. The van der Waals surface area contributed by atoms with Gasteiger partial charge in [-0.3, -0.25) is 4.79 Å². The second-order valence-corrected chi connectivity index (χ2v) is 6.30. The van der Waals surface area contributed by atoms with Crippen LogP contribution in [0.2, 0.25) is 0 Å². The van der Waals surface area contributed by atoms with Gasteiger partial charge in [-0.05, 0) is 49.3 Å². The van der Waals surface area contributed by atoms with E-state index in [1.807, 2.05) is 35.7 Å². The summed E-state index contributed by atoms with van der Waals surface area (Å²) in [5, 5.41) is 0. The quantitative estimate of drug-likeness (QED) is 0.827. The van der Waals surface area contributed by atoms with Gasteiger partial charge in [-0.15, -0.1) is 11.8 Å². The van der Waals surface area contributed by atoms with Gasteiger partial charge in [0.05, 0.1) is 0 Å². The molecule has 1 unspecified atom stereocenters. The van der Waals surface area contributed by atoms with Gasteiger partial charge in [0.15, 0.2) is 0 Å². The molecule has 3 heteroatoms. The molecule has 0 aromatic heterocycles. The fourth-order valence-electron chi connectivity index (χ4n) is 2.42. The zero-order chi connectivity index (χ0) is 13.8. The van der Waals surface area contributed by atoms with Crippen molar-refractivity contribution >= 4 is 23.4 Å². The fraction of sp³-hybridized carbons (Fsp3) is 0.438. The van der Waals surface area contributed by atoms with Gasteiger partial charge in [0.25, 0.3) is 0 Å². The Morgan fingerprint density at radius 3 is 2.79 bits per heavy atom. The topological polar surface area (TPSA) is 20.3 Å². The van der Waals surface area contributed by atoms with Crippen LogP contribution in [0.4, 0.5) is 5.69 Å². The number of amides is 1. The third kappa shape index (κ3) is 3.63. The van der Waals surface area contributed by atoms with E-state index in [0.717, 1.165) is 18.0 Å². The first-order valence-electron chi connectivity index (χ1n) is 6.78. The number of benzene rings is 1. The maximum atomic E-state index is 12.4. The lowest BCUT2D eigenvalue weighted by molar-refractivity contribution is -0.119. The molecule has 1 aromatic carbocycles. The Morgan fingerprint density at radius 1 is 1.42 bits per heavy atom. The standard InChI is InChI=1S/C16H21NOS/c1-4-17(15-7-5-6-12(2)8-15)16(18)10-14-9-13(3)19-11-14/h5-9,14H,4,10-11H2,1-3H3. The normalized spacial score (nSPS) is 18.3. The van der Waals surface area contributed by atoms with E-state index in [9.17, 15) is 4.79 Å². The lowest BCUT2D eigenvalue weighted by atomic mass is 10.1. The molecule has 1 aromatic rings. The van der Waals surface area contributed by atoms with Gasteiger partial charge in [-0.2, -0.15) is 0 Å². The predicted molar refractivity (Wildman–Crippen MR) is 83.5 cm³/mol. The first-order valence-corrected chi connectivity index (χ1v) is 7.77. The summed E-state index contributed by atoms with van der Waals surface area (Å²) in [6, 6.07) is 8.16. The van der Waals surface area contributed by atoms with Gasteiger partial charge in [-0.25, -0.2) is 0 Å². The smallest absolute Gasteiger partial charge is 0.227 e. The van der Waals surface area contributed by atoms with Gasteiger partial charge in [-0.1, -0.05) is 18.2 Å². The van der Waals surface area contributed by atoms with Crippen molar-refractivity contribution in [3.8, 4) is 0 Å². The average Bonchev–Trinajstić information content (AvgIpc) is 2.75. The van der Waals surface area contributed by atoms with Crippen molar-refractivity contribution in [1.82, 2.24) is 0 Å². The number of carbonyl (C=O) groups is 1. The molecular weight excluding hydrogens is 254 g/mol. The SMILES string of the molecule is CCN(C(=O)CC1C=C(C)SC1)c1cccc(C)c1. The summed E-state index contributed by atoms with van der Waals surface area (Å²) in [5.41, 5.74) is 2.20. The molecule has 0 bridgehead atoms. The summed E-state index contributed by atoms with van der Waals surface area (Å²) in [6.45, 7) is 6.93. The van der Waals surface area contributed by atoms with E-state index < -0.39 is 0 Å². The zero-order valence-corrected chi connectivity index (χ0v) is 12.7. The molecule has 2 rings (SSSR count). The second-order valence-electron chi connectivity index (χ2n) is 5.03. The molecular formula is C16H21NOS. The summed E-state index contributed by atoms with van der Waals surface area (Å²) in [4.78, 5) is 15.7. The Kier molecular flexibility index (Phi) is 4.70. The van der Waals surface area contributed by atoms with Crippen molar-refractivity contribution in [3.63, 3.8) is 0 Å². The summed E-state index contributed by atoms with van der Waals surface area (Å²) < 4.78 is 0. The predicted octanol–water partition coefficient (Wildman–Crippen LogP) is 4.00. The minimum atomic E-state index is 0.227. The van der Waals surface area contributed by atoms with Crippen LogP contribution in [0, 0.1) is 12.8 Å². The minimum absolute atomic E-state index is 0.227. The summed E-state index contributed by atoms with van der Waals surface area (Å²) in [5.74, 6) is 1.67. The van der Waals surface area contributed by atoms with Gasteiger partial charge < -0.3 is 4.90 Å². The van der Waals surface area contributed by atoms with E-state index in [1.54, 1.807) is 0 Å². The van der Waals surface area contributed by atoms with Crippen LogP contribution in [0.25, 0.3) is 0 Å². The van der Waals surface area contributed by atoms with Crippen LogP contribution >= 0.6 is 11.8 Å². The molecule has 0 spiro atoms. The van der Waals surface area contributed by atoms with Crippen LogP contribution in [0.3, 0.4) is 0 Å². The van der Waals surface area contributed by atoms with Gasteiger partial charge in [0.1, 0.15) is 0 Å². The highest BCUT2D eigenvalue weighted by molar-refractivity contribution is 8.03. The van der Waals surface area contributed by atoms with Crippen molar-refractivity contribution in [2.75, 3.05) is 17.2 Å². The number of hydrogen-bond donors (Lipinski definition) is 0. The molecule has 0 radical (unpaired) electrons. The Bertz CT molecular complexity index is 495. The minimum Gasteiger partial charge on any atom is -0.313 e. The first-order chi connectivity index (χ1) is 9.10. The zero-order valence-electron chi connectivity index (χ0n) is 11.8. The Morgan fingerprint density at radius 2 is 2.21 bits per heavy atom. The van der Waals surface area contributed by atoms with Gasteiger partial charge in [0.2, 0.25) is 5.91 Å². The Hall–Kier alpha value is -1.22. The van der Waals surface area contributed by atoms with E-state index >= 15 is 0 Å². The third-order valence-electron chi connectivity index (χ3n) is 3.36. The molecule has 102 valence electrons. The number of carbonyl (C=O) groups excluding carboxylic acids is 1. The van der Waals surface area contributed by atoms with Crippen LogP contribution in [-0.2, 0) is 4.79 Å². The van der Waals surface area contributed by atoms with Crippen molar-refractivity contribution in [3.05, 3.63) is 40.8 Å². The van der Waals surface area contributed by atoms with Crippen molar-refractivity contribution in [2.45, 2.75) is 27.2 Å². The molecule has 0 saturated heterocycles. The molecule has 0 saturated carbocycles. The van der Waals surface area contributed by atoms with Crippen molar-refractivity contribution < 1.29 is 4.79 Å². The monoisotopic (exact) mass is 275 g/mol. The Labute approximate surface area is 119 Å². The van der Waals surface area contributed by atoms with Crippen LogP contribution in [0.5, 0.6) is 0 Å². The van der Waals surface area contributed by atoms with Crippen LogP contribution in [0.15, 0.2) is 35.2 Å². The lowest BCUT2D eigenvalue weighted by Crippen LogP contribution is -2.32. The highest BCUT2D eigenvalue weighted by Gasteiger charge is 2.21. The maximum Gasteiger partial charge on any atom is 0.227 e. The molecule has 1 aliphatic rings. The number of anilines is 1.